The number of anilines is 2. The SMILES string of the molecule is COc1cc2c(Nc3cc(F)c(OCc4cccc(Cl)n4)cc3Cl)c(C#N)cnc2cc1OCCCN.N=CN. The van der Waals surface area contributed by atoms with Crippen LogP contribution in [0.1, 0.15) is 17.7 Å². The summed E-state index contributed by atoms with van der Waals surface area (Å²) in [6.07, 6.45) is 2.84. The molecule has 40 heavy (non-hydrogen) atoms. The number of aromatic nitrogens is 2. The Labute approximate surface area is 240 Å². The van der Waals surface area contributed by atoms with Crippen LogP contribution in [0.15, 0.2) is 48.7 Å². The quantitative estimate of drug-likeness (QED) is 0.0806. The molecular weight excluding hydrogens is 560 g/mol. The molecule has 13 heteroatoms. The molecule has 0 bridgehead atoms. The van der Waals surface area contributed by atoms with Gasteiger partial charge in [-0.15, -0.1) is 0 Å². The van der Waals surface area contributed by atoms with Crippen molar-refractivity contribution < 1.29 is 18.6 Å². The van der Waals surface area contributed by atoms with E-state index in [1.165, 1.54) is 25.4 Å². The highest BCUT2D eigenvalue weighted by Crippen LogP contribution is 2.39. The Kier molecular flexibility index (Phi) is 11.1. The number of benzene rings is 2. The Morgan fingerprint density at radius 2 is 1.93 bits per heavy atom. The van der Waals surface area contributed by atoms with E-state index in [-0.39, 0.29) is 28.6 Å². The molecule has 10 nitrogen and oxygen atoms in total. The van der Waals surface area contributed by atoms with E-state index in [1.807, 2.05) is 0 Å². The molecule has 0 radical (unpaired) electrons. The first-order valence-electron chi connectivity index (χ1n) is 11.8. The van der Waals surface area contributed by atoms with E-state index in [1.54, 1.807) is 30.3 Å². The number of halogens is 3. The fourth-order valence-corrected chi connectivity index (χ4v) is 3.89. The lowest BCUT2D eigenvalue weighted by atomic mass is 10.1. The molecule has 2 heterocycles. The van der Waals surface area contributed by atoms with Gasteiger partial charge in [0.2, 0.25) is 0 Å². The second-order valence-corrected chi connectivity index (χ2v) is 8.76. The van der Waals surface area contributed by atoms with Crippen LogP contribution < -0.4 is 31.0 Å². The summed E-state index contributed by atoms with van der Waals surface area (Å²) < 4.78 is 31.7. The number of hydrogen-bond donors (Lipinski definition) is 4. The zero-order valence-electron chi connectivity index (χ0n) is 21.4. The Balaban J connectivity index is 0.00000141. The average molecular weight is 586 g/mol. The van der Waals surface area contributed by atoms with Crippen molar-refractivity contribution in [3.05, 3.63) is 75.9 Å². The number of nitrogens with one attached hydrogen (secondary N) is 2. The molecule has 0 aliphatic heterocycles. The minimum Gasteiger partial charge on any atom is -0.493 e. The van der Waals surface area contributed by atoms with Crippen LogP contribution in [0, 0.1) is 22.6 Å². The highest BCUT2D eigenvalue weighted by molar-refractivity contribution is 6.33. The van der Waals surface area contributed by atoms with Gasteiger partial charge in [-0.05, 0) is 31.2 Å². The second kappa shape index (κ2) is 14.7. The summed E-state index contributed by atoms with van der Waals surface area (Å²) in [7, 11) is 1.51. The fourth-order valence-electron chi connectivity index (χ4n) is 3.51. The second-order valence-electron chi connectivity index (χ2n) is 7.96. The van der Waals surface area contributed by atoms with E-state index in [2.05, 4.69) is 27.1 Å². The zero-order chi connectivity index (χ0) is 29.1. The third kappa shape index (κ3) is 7.60. The van der Waals surface area contributed by atoms with Crippen LogP contribution in [0.25, 0.3) is 10.9 Å². The topological polar surface area (TPSA) is 165 Å². The number of methoxy groups -OCH3 is 1. The minimum absolute atomic E-state index is 0.00361. The highest BCUT2D eigenvalue weighted by Gasteiger charge is 2.17. The zero-order valence-corrected chi connectivity index (χ0v) is 22.9. The van der Waals surface area contributed by atoms with Crippen LogP contribution in [0.5, 0.6) is 17.2 Å². The summed E-state index contributed by atoms with van der Waals surface area (Å²) in [5.41, 5.74) is 11.9. The Bertz CT molecular complexity index is 1530. The highest BCUT2D eigenvalue weighted by atomic mass is 35.5. The van der Waals surface area contributed by atoms with Gasteiger partial charge in [-0.2, -0.15) is 5.26 Å². The molecule has 4 aromatic rings. The molecule has 0 aliphatic rings. The lowest BCUT2D eigenvalue weighted by Crippen LogP contribution is -2.07. The largest absolute Gasteiger partial charge is 0.493 e. The van der Waals surface area contributed by atoms with Crippen molar-refractivity contribution in [3.63, 3.8) is 0 Å². The van der Waals surface area contributed by atoms with Crippen molar-refractivity contribution in [1.29, 1.82) is 10.7 Å². The Morgan fingerprint density at radius 3 is 2.60 bits per heavy atom. The molecule has 0 atom stereocenters. The van der Waals surface area contributed by atoms with E-state index in [0.29, 0.717) is 58.5 Å². The first kappa shape index (κ1) is 30.2. The van der Waals surface area contributed by atoms with Gasteiger partial charge in [0.25, 0.3) is 0 Å². The van der Waals surface area contributed by atoms with Gasteiger partial charge in [-0.3, -0.25) is 10.4 Å². The predicted molar refractivity (Wildman–Crippen MR) is 153 cm³/mol. The monoisotopic (exact) mass is 585 g/mol. The standard InChI is InChI=1S/C26H22Cl2FN5O3.CH4N2/c1-35-23-8-17-20(11-24(23)36-7-3-6-30)32-13-15(12-31)26(17)34-21-10-19(29)22(9-18(21)27)37-14-16-4-2-5-25(28)33-16;2-1-3/h2,4-5,8-11,13H,3,6-7,14,30H2,1H3,(H,32,34);1H,(H3,2,3). The number of nitriles is 1. The molecule has 0 unspecified atom stereocenters. The van der Waals surface area contributed by atoms with Gasteiger partial charge in [-0.25, -0.2) is 9.37 Å². The van der Waals surface area contributed by atoms with Gasteiger partial charge in [0.15, 0.2) is 23.1 Å². The van der Waals surface area contributed by atoms with E-state index < -0.39 is 5.82 Å². The van der Waals surface area contributed by atoms with Crippen molar-refractivity contribution in [2.24, 2.45) is 11.5 Å². The van der Waals surface area contributed by atoms with Gasteiger partial charge in [-0.1, -0.05) is 29.3 Å². The van der Waals surface area contributed by atoms with Crippen molar-refractivity contribution >= 4 is 51.8 Å². The molecule has 0 aliphatic carbocycles. The lowest BCUT2D eigenvalue weighted by Gasteiger charge is -2.16. The maximum atomic E-state index is 14.9. The van der Waals surface area contributed by atoms with Crippen LogP contribution in [0.2, 0.25) is 10.2 Å². The minimum atomic E-state index is -0.654. The molecule has 4 rings (SSSR count). The molecule has 0 fully saturated rings. The molecule has 0 spiro atoms. The van der Waals surface area contributed by atoms with E-state index >= 15 is 0 Å². The maximum Gasteiger partial charge on any atom is 0.167 e. The summed E-state index contributed by atoms with van der Waals surface area (Å²) in [5.74, 6) is 0.226. The number of nitrogens with zero attached hydrogens (tertiary/aromatic N) is 3. The first-order chi connectivity index (χ1) is 19.3. The first-order valence-corrected chi connectivity index (χ1v) is 12.5. The number of pyridine rings is 2. The third-order valence-electron chi connectivity index (χ3n) is 5.31. The summed E-state index contributed by atoms with van der Waals surface area (Å²) in [6.45, 7) is 0.909. The average Bonchev–Trinajstić information content (AvgIpc) is 2.94. The Morgan fingerprint density at radius 1 is 1.15 bits per heavy atom. The van der Waals surface area contributed by atoms with Crippen LogP contribution in [0.4, 0.5) is 15.8 Å². The van der Waals surface area contributed by atoms with Crippen LogP contribution in [-0.2, 0) is 6.61 Å². The summed E-state index contributed by atoms with van der Waals surface area (Å²) in [6, 6.07) is 13.1. The number of rotatable bonds is 10. The molecule has 0 amide bonds. The molecule has 2 aromatic heterocycles. The van der Waals surface area contributed by atoms with Gasteiger partial charge < -0.3 is 31.0 Å². The van der Waals surface area contributed by atoms with Gasteiger partial charge in [0.1, 0.15) is 17.8 Å². The van der Waals surface area contributed by atoms with Crippen molar-refractivity contribution in [2.75, 3.05) is 25.6 Å². The number of nitrogens with two attached hydrogens (primary N) is 2. The third-order valence-corrected chi connectivity index (χ3v) is 5.83. The lowest BCUT2D eigenvalue weighted by molar-refractivity contribution is 0.286. The molecule has 6 N–H and O–H groups in total. The van der Waals surface area contributed by atoms with E-state index in [4.69, 9.17) is 48.6 Å². The number of fused-ring (bicyclic) bond motifs is 1. The van der Waals surface area contributed by atoms with Gasteiger partial charge in [0, 0.05) is 29.8 Å². The van der Waals surface area contributed by atoms with Crippen LogP contribution in [-0.4, -0.2) is 36.6 Å². The number of ether oxygens (including phenoxy) is 3. The van der Waals surface area contributed by atoms with Crippen molar-refractivity contribution in [2.45, 2.75) is 13.0 Å². The van der Waals surface area contributed by atoms with Gasteiger partial charge >= 0.3 is 0 Å². The summed E-state index contributed by atoms with van der Waals surface area (Å²) in [5, 5.41) is 19.7. The molecule has 208 valence electrons. The van der Waals surface area contributed by atoms with E-state index in [9.17, 15) is 9.65 Å². The van der Waals surface area contributed by atoms with Gasteiger partial charge in [0.05, 0.1) is 53.2 Å². The van der Waals surface area contributed by atoms with Crippen LogP contribution in [0.3, 0.4) is 0 Å². The van der Waals surface area contributed by atoms with Crippen molar-refractivity contribution in [1.82, 2.24) is 9.97 Å². The Hall–Kier alpha value is -4.37. The summed E-state index contributed by atoms with van der Waals surface area (Å²) >= 11 is 12.3. The van der Waals surface area contributed by atoms with Crippen molar-refractivity contribution in [3.8, 4) is 23.3 Å². The molecule has 0 saturated heterocycles. The summed E-state index contributed by atoms with van der Waals surface area (Å²) in [4.78, 5) is 8.48. The molecule has 0 saturated carbocycles. The van der Waals surface area contributed by atoms with E-state index in [0.717, 1.165) is 6.34 Å². The predicted octanol–water partition coefficient (Wildman–Crippen LogP) is 5.56. The fraction of sp³-hybridized carbons (Fsp3) is 0.185. The number of hydrogen-bond acceptors (Lipinski definition) is 9. The maximum absolute atomic E-state index is 14.9. The molecular formula is C27H26Cl2FN7O3. The van der Waals surface area contributed by atoms with Crippen LogP contribution >= 0.6 is 23.2 Å². The normalized spacial score (nSPS) is 10.2. The smallest absolute Gasteiger partial charge is 0.167 e. The molecule has 2 aromatic carbocycles.